The van der Waals surface area contributed by atoms with Gasteiger partial charge in [-0.05, 0) is 22.6 Å². The van der Waals surface area contributed by atoms with Crippen LogP contribution < -0.4 is 4.74 Å². The predicted octanol–water partition coefficient (Wildman–Crippen LogP) is 4.33. The average molecular weight is 319 g/mol. The van der Waals surface area contributed by atoms with Crippen LogP contribution in [-0.2, 0) is 6.61 Å². The van der Waals surface area contributed by atoms with Crippen LogP contribution >= 0.6 is 11.6 Å². The number of Topliss-reactive ketones (excluding diaryl/α,β-unsaturated/α-hetero) is 1. The van der Waals surface area contributed by atoms with Crippen LogP contribution in [-0.4, -0.2) is 15.8 Å². The molecular weight excluding hydrogens is 300 g/mol. The highest BCUT2D eigenvalue weighted by Gasteiger charge is 2.22. The third-order valence-electron chi connectivity index (χ3n) is 2.93. The fourth-order valence-corrected chi connectivity index (χ4v) is 2.08. The topological polar surface area (TPSA) is 52.1 Å². The van der Waals surface area contributed by atoms with Crippen LogP contribution in [0.1, 0.15) is 43.1 Å². The van der Waals surface area contributed by atoms with Gasteiger partial charge >= 0.3 is 0 Å². The van der Waals surface area contributed by atoms with Gasteiger partial charge in [0.15, 0.2) is 5.78 Å². The normalized spacial score (nSPS) is 11.3. The second-order valence-corrected chi connectivity index (χ2v) is 6.63. The van der Waals surface area contributed by atoms with E-state index < -0.39 is 0 Å². The van der Waals surface area contributed by atoms with Gasteiger partial charge in [-0.15, -0.1) is 0 Å². The standard InChI is InChI=1S/C17H19ClN2O2/c1-17(2,3)9-14(21)13-10-19-16(18)20-15(13)22-11-12-7-5-4-6-8-12/h4-8,10H,9,11H2,1-3H3. The van der Waals surface area contributed by atoms with Gasteiger partial charge in [-0.3, -0.25) is 4.79 Å². The maximum atomic E-state index is 12.4. The zero-order valence-electron chi connectivity index (χ0n) is 13.0. The molecule has 0 amide bonds. The molecule has 0 spiro atoms. The van der Waals surface area contributed by atoms with Crippen LogP contribution in [0.25, 0.3) is 0 Å². The van der Waals surface area contributed by atoms with Crippen molar-refractivity contribution in [2.24, 2.45) is 5.41 Å². The Balaban J connectivity index is 2.19. The van der Waals surface area contributed by atoms with Crippen molar-refractivity contribution in [1.82, 2.24) is 9.97 Å². The van der Waals surface area contributed by atoms with E-state index >= 15 is 0 Å². The summed E-state index contributed by atoms with van der Waals surface area (Å²) in [5, 5.41) is 0.0652. The summed E-state index contributed by atoms with van der Waals surface area (Å²) >= 11 is 5.82. The van der Waals surface area contributed by atoms with E-state index in [1.165, 1.54) is 6.20 Å². The Morgan fingerprint density at radius 3 is 2.55 bits per heavy atom. The summed E-state index contributed by atoms with van der Waals surface area (Å²) in [6, 6.07) is 9.68. The molecule has 0 N–H and O–H groups in total. The van der Waals surface area contributed by atoms with Gasteiger partial charge < -0.3 is 4.74 Å². The fraction of sp³-hybridized carbons (Fsp3) is 0.353. The highest BCUT2D eigenvalue weighted by molar-refractivity contribution is 6.28. The third-order valence-corrected chi connectivity index (χ3v) is 3.12. The number of ether oxygens (including phenoxy) is 1. The summed E-state index contributed by atoms with van der Waals surface area (Å²) in [5.41, 5.74) is 1.25. The van der Waals surface area contributed by atoms with Crippen molar-refractivity contribution in [3.05, 3.63) is 52.9 Å². The van der Waals surface area contributed by atoms with Gasteiger partial charge in [0.25, 0.3) is 0 Å². The van der Waals surface area contributed by atoms with Gasteiger partial charge in [0.1, 0.15) is 6.61 Å². The van der Waals surface area contributed by atoms with Gasteiger partial charge in [-0.25, -0.2) is 4.98 Å². The molecule has 0 aliphatic carbocycles. The minimum atomic E-state index is -0.118. The Hall–Kier alpha value is -1.94. The number of halogens is 1. The molecule has 0 bridgehead atoms. The number of ketones is 1. The Morgan fingerprint density at radius 2 is 1.91 bits per heavy atom. The van der Waals surface area contributed by atoms with Crippen molar-refractivity contribution in [2.45, 2.75) is 33.8 Å². The summed E-state index contributed by atoms with van der Waals surface area (Å²) in [6.45, 7) is 6.34. The lowest BCUT2D eigenvalue weighted by atomic mass is 9.88. The smallest absolute Gasteiger partial charge is 0.229 e. The lowest BCUT2D eigenvalue weighted by Crippen LogP contribution is -2.15. The average Bonchev–Trinajstić information content (AvgIpc) is 2.44. The first-order valence-corrected chi connectivity index (χ1v) is 7.45. The first-order valence-electron chi connectivity index (χ1n) is 7.07. The lowest BCUT2D eigenvalue weighted by Gasteiger charge is -2.17. The van der Waals surface area contributed by atoms with E-state index in [2.05, 4.69) is 9.97 Å². The summed E-state index contributed by atoms with van der Waals surface area (Å²) < 4.78 is 5.68. The number of hydrogen-bond acceptors (Lipinski definition) is 4. The van der Waals surface area contributed by atoms with E-state index in [1.54, 1.807) is 0 Å². The highest BCUT2D eigenvalue weighted by atomic mass is 35.5. The molecule has 1 heterocycles. The molecule has 1 aromatic heterocycles. The van der Waals surface area contributed by atoms with Crippen molar-refractivity contribution in [1.29, 1.82) is 0 Å². The maximum absolute atomic E-state index is 12.4. The van der Waals surface area contributed by atoms with Crippen molar-refractivity contribution in [2.75, 3.05) is 0 Å². The highest BCUT2D eigenvalue weighted by Crippen LogP contribution is 2.26. The van der Waals surface area contributed by atoms with Gasteiger partial charge in [0.2, 0.25) is 11.2 Å². The number of benzene rings is 1. The molecule has 0 saturated carbocycles. The molecule has 0 fully saturated rings. The first-order chi connectivity index (χ1) is 10.3. The minimum absolute atomic E-state index is 0.0489. The Bertz CT molecular complexity index is 651. The zero-order chi connectivity index (χ0) is 16.2. The predicted molar refractivity (Wildman–Crippen MR) is 86.2 cm³/mol. The Morgan fingerprint density at radius 1 is 1.23 bits per heavy atom. The van der Waals surface area contributed by atoms with Crippen LogP contribution in [0.3, 0.4) is 0 Å². The molecule has 0 aliphatic heterocycles. The summed E-state index contributed by atoms with van der Waals surface area (Å²) in [5.74, 6) is 0.185. The molecular formula is C17H19ClN2O2. The molecule has 0 aliphatic rings. The second-order valence-electron chi connectivity index (χ2n) is 6.29. The van der Waals surface area contributed by atoms with Crippen molar-refractivity contribution in [3.63, 3.8) is 0 Å². The van der Waals surface area contributed by atoms with E-state index in [0.29, 0.717) is 18.6 Å². The molecule has 2 aromatic rings. The van der Waals surface area contributed by atoms with Crippen LogP contribution in [0.4, 0.5) is 0 Å². The number of nitrogens with zero attached hydrogens (tertiary/aromatic N) is 2. The van der Waals surface area contributed by atoms with E-state index in [4.69, 9.17) is 16.3 Å². The van der Waals surface area contributed by atoms with Crippen molar-refractivity contribution in [3.8, 4) is 5.88 Å². The van der Waals surface area contributed by atoms with Gasteiger partial charge in [0.05, 0.1) is 5.56 Å². The maximum Gasteiger partial charge on any atom is 0.229 e. The molecule has 0 saturated heterocycles. The molecule has 2 rings (SSSR count). The van der Waals surface area contributed by atoms with Crippen LogP contribution in [0.2, 0.25) is 5.28 Å². The molecule has 0 atom stereocenters. The molecule has 0 radical (unpaired) electrons. The lowest BCUT2D eigenvalue weighted by molar-refractivity contribution is 0.0934. The zero-order valence-corrected chi connectivity index (χ0v) is 13.7. The number of aromatic nitrogens is 2. The van der Waals surface area contributed by atoms with E-state index in [1.807, 2.05) is 51.1 Å². The number of carbonyl (C=O) groups excluding carboxylic acids is 1. The Labute approximate surface area is 135 Å². The van der Waals surface area contributed by atoms with Crippen LogP contribution in [0, 0.1) is 5.41 Å². The monoisotopic (exact) mass is 318 g/mol. The minimum Gasteiger partial charge on any atom is -0.472 e. The SMILES string of the molecule is CC(C)(C)CC(=O)c1cnc(Cl)nc1OCc1ccccc1. The summed E-state index contributed by atoms with van der Waals surface area (Å²) in [7, 11) is 0. The van der Waals surface area contributed by atoms with Gasteiger partial charge in [-0.1, -0.05) is 51.1 Å². The van der Waals surface area contributed by atoms with E-state index in [9.17, 15) is 4.79 Å². The number of rotatable bonds is 5. The Kier molecular flexibility index (Phi) is 5.14. The van der Waals surface area contributed by atoms with Crippen LogP contribution in [0.5, 0.6) is 5.88 Å². The summed E-state index contributed by atoms with van der Waals surface area (Å²) in [6.07, 6.45) is 1.82. The first kappa shape index (κ1) is 16.4. The molecule has 22 heavy (non-hydrogen) atoms. The molecule has 4 nitrogen and oxygen atoms in total. The molecule has 1 aromatic carbocycles. The quantitative estimate of drug-likeness (QED) is 0.608. The van der Waals surface area contributed by atoms with Gasteiger partial charge in [-0.2, -0.15) is 4.98 Å². The fourth-order valence-electron chi connectivity index (χ4n) is 1.95. The molecule has 5 heteroatoms. The largest absolute Gasteiger partial charge is 0.472 e. The van der Waals surface area contributed by atoms with Crippen molar-refractivity contribution < 1.29 is 9.53 Å². The van der Waals surface area contributed by atoms with E-state index in [0.717, 1.165) is 5.56 Å². The second kappa shape index (κ2) is 6.88. The molecule has 116 valence electrons. The third kappa shape index (κ3) is 4.81. The number of carbonyl (C=O) groups is 1. The summed E-state index contributed by atoms with van der Waals surface area (Å²) in [4.78, 5) is 20.4. The van der Waals surface area contributed by atoms with E-state index in [-0.39, 0.29) is 22.4 Å². The number of hydrogen-bond donors (Lipinski definition) is 0. The van der Waals surface area contributed by atoms with Crippen LogP contribution in [0.15, 0.2) is 36.5 Å². The van der Waals surface area contributed by atoms with Crippen molar-refractivity contribution >= 4 is 17.4 Å². The van der Waals surface area contributed by atoms with Gasteiger partial charge in [0, 0.05) is 12.6 Å². The molecule has 0 unspecified atom stereocenters.